The molecule has 2 N–H and O–H groups in total. The highest BCUT2D eigenvalue weighted by molar-refractivity contribution is 6.60. The van der Waals surface area contributed by atoms with Crippen LogP contribution in [-0.2, 0) is 13.3 Å². The van der Waals surface area contributed by atoms with E-state index >= 15 is 0 Å². The van der Waals surface area contributed by atoms with Crippen molar-refractivity contribution in [2.75, 3.05) is 27.9 Å². The summed E-state index contributed by atoms with van der Waals surface area (Å²) in [5.41, 5.74) is 5.36. The molecular weight excluding hydrogens is 210 g/mol. The van der Waals surface area contributed by atoms with Crippen LogP contribution in [0, 0.1) is 0 Å². The van der Waals surface area contributed by atoms with Gasteiger partial charge in [0.2, 0.25) is 0 Å². The minimum Gasteiger partial charge on any atom is -0.377 e. The molecule has 0 amide bonds. The Kier molecular flexibility index (Phi) is 21.3. The molecule has 5 heteroatoms. The van der Waals surface area contributed by atoms with Crippen molar-refractivity contribution < 1.29 is 13.3 Å². The monoisotopic (exact) mass is 235 g/mol. The maximum atomic E-state index is 5.36. The fraction of sp³-hybridized carbons (Fsp3) is 0.600. The second-order valence-corrected chi connectivity index (χ2v) is 5.28. The molecule has 0 bridgehead atoms. The average molecular weight is 235 g/mol. The smallest absolute Gasteiger partial charge is 0.377 e. The Balaban J connectivity index is -0.000000318. The van der Waals surface area contributed by atoms with E-state index in [0.717, 1.165) is 12.5 Å². The van der Waals surface area contributed by atoms with Gasteiger partial charge in [-0.05, 0) is 13.0 Å². The lowest BCUT2D eigenvalue weighted by molar-refractivity contribution is 0.123. The molecule has 0 aliphatic rings. The fourth-order valence-corrected chi connectivity index (χ4v) is 2.62. The zero-order valence-corrected chi connectivity index (χ0v) is 11.3. The number of rotatable bonds is 6. The highest BCUT2D eigenvalue weighted by Gasteiger charge is 2.36. The molecule has 0 heterocycles. The van der Waals surface area contributed by atoms with Gasteiger partial charge in [-0.3, -0.25) is 0 Å². The summed E-state index contributed by atoms with van der Waals surface area (Å²) in [6, 6.07) is 0.785. The Morgan fingerprint density at radius 1 is 0.933 bits per heavy atom. The summed E-state index contributed by atoms with van der Waals surface area (Å²) in [6.07, 6.45) is 0.877. The van der Waals surface area contributed by atoms with Gasteiger partial charge in [-0.25, -0.2) is 0 Å². The Morgan fingerprint density at radius 3 is 1.47 bits per heavy atom. The topological polar surface area (TPSA) is 53.7 Å². The summed E-state index contributed by atoms with van der Waals surface area (Å²) in [5, 5.41) is 0. The van der Waals surface area contributed by atoms with Crippen LogP contribution >= 0.6 is 0 Å². The summed E-state index contributed by atoms with van der Waals surface area (Å²) >= 11 is 0. The molecule has 15 heavy (non-hydrogen) atoms. The van der Waals surface area contributed by atoms with Crippen LogP contribution in [0.5, 0.6) is 0 Å². The molecule has 0 aromatic rings. The van der Waals surface area contributed by atoms with Gasteiger partial charge in [0.15, 0.2) is 0 Å². The Labute approximate surface area is 95.1 Å². The van der Waals surface area contributed by atoms with Crippen molar-refractivity contribution in [2.45, 2.75) is 12.5 Å². The van der Waals surface area contributed by atoms with Crippen molar-refractivity contribution >= 4 is 8.80 Å². The van der Waals surface area contributed by atoms with Crippen molar-refractivity contribution in [1.82, 2.24) is 0 Å². The van der Waals surface area contributed by atoms with Gasteiger partial charge in [0.1, 0.15) is 0 Å². The van der Waals surface area contributed by atoms with Gasteiger partial charge < -0.3 is 19.0 Å². The second kappa shape index (κ2) is 16.0. The third-order valence-corrected chi connectivity index (χ3v) is 4.45. The van der Waals surface area contributed by atoms with E-state index in [0.29, 0.717) is 6.54 Å². The maximum absolute atomic E-state index is 5.36. The molecule has 0 saturated carbocycles. The largest absolute Gasteiger partial charge is 0.500 e. The van der Waals surface area contributed by atoms with E-state index in [9.17, 15) is 0 Å². The van der Waals surface area contributed by atoms with Crippen LogP contribution in [-0.4, -0.2) is 36.7 Å². The average Bonchev–Trinajstić information content (AvgIpc) is 2.37. The highest BCUT2D eigenvalue weighted by Crippen LogP contribution is 2.13. The number of hydrogen-bond donors (Lipinski definition) is 1. The van der Waals surface area contributed by atoms with Crippen LogP contribution in [0.25, 0.3) is 0 Å². The van der Waals surface area contributed by atoms with Crippen molar-refractivity contribution in [3.63, 3.8) is 0 Å². The van der Waals surface area contributed by atoms with Gasteiger partial charge in [0.05, 0.1) is 0 Å². The van der Waals surface area contributed by atoms with Gasteiger partial charge in [-0.15, -0.1) is 26.3 Å². The first-order valence-corrected chi connectivity index (χ1v) is 6.53. The molecule has 0 spiro atoms. The van der Waals surface area contributed by atoms with Gasteiger partial charge in [-0.2, -0.15) is 0 Å². The Morgan fingerprint density at radius 2 is 1.27 bits per heavy atom. The molecule has 0 aliphatic carbocycles. The van der Waals surface area contributed by atoms with Gasteiger partial charge in [-0.1, -0.05) is 0 Å². The van der Waals surface area contributed by atoms with Crippen LogP contribution in [0.2, 0.25) is 6.04 Å². The third-order valence-electron chi connectivity index (χ3n) is 1.62. The predicted octanol–water partition coefficient (Wildman–Crippen LogP) is 1.82. The molecule has 0 rings (SSSR count). The van der Waals surface area contributed by atoms with Crippen LogP contribution < -0.4 is 5.73 Å². The summed E-state index contributed by atoms with van der Waals surface area (Å²) < 4.78 is 15.5. The Hall–Kier alpha value is -0.463. The molecule has 4 nitrogen and oxygen atoms in total. The van der Waals surface area contributed by atoms with Crippen LogP contribution in [0.1, 0.15) is 6.42 Å². The van der Waals surface area contributed by atoms with Gasteiger partial charge in [0, 0.05) is 27.4 Å². The number of nitrogens with two attached hydrogens (primary N) is 1. The van der Waals surface area contributed by atoms with Crippen LogP contribution in [0.3, 0.4) is 0 Å². The zero-order valence-electron chi connectivity index (χ0n) is 10.3. The fourth-order valence-electron chi connectivity index (χ4n) is 0.875. The molecule has 0 aromatic carbocycles. The zero-order chi connectivity index (χ0) is 12.7. The summed E-state index contributed by atoms with van der Waals surface area (Å²) in [5.74, 6) is 0. The Bertz CT molecular complexity index is 111. The van der Waals surface area contributed by atoms with Crippen molar-refractivity contribution in [2.24, 2.45) is 5.73 Å². The van der Waals surface area contributed by atoms with Crippen molar-refractivity contribution in [3.8, 4) is 0 Å². The molecule has 0 aliphatic heterocycles. The summed E-state index contributed by atoms with van der Waals surface area (Å²) in [4.78, 5) is 0. The first-order chi connectivity index (χ1) is 7.24. The van der Waals surface area contributed by atoms with E-state index in [1.165, 1.54) is 0 Å². The summed E-state index contributed by atoms with van der Waals surface area (Å²) in [7, 11) is 2.50. The molecule has 0 atom stereocenters. The van der Waals surface area contributed by atoms with E-state index in [1.807, 2.05) is 0 Å². The van der Waals surface area contributed by atoms with Crippen LogP contribution in [0.15, 0.2) is 26.3 Å². The molecule has 0 unspecified atom stereocenters. The first kappa shape index (κ1) is 20.0. The van der Waals surface area contributed by atoms with Crippen molar-refractivity contribution in [3.05, 3.63) is 26.3 Å². The minimum absolute atomic E-state index is 0.644. The maximum Gasteiger partial charge on any atom is 0.500 e. The van der Waals surface area contributed by atoms with Crippen LogP contribution in [0.4, 0.5) is 0 Å². The van der Waals surface area contributed by atoms with E-state index in [4.69, 9.17) is 19.0 Å². The predicted molar refractivity (Wildman–Crippen MR) is 67.8 cm³/mol. The first-order valence-electron chi connectivity index (χ1n) is 4.60. The molecular formula is C10H25NO3Si. The van der Waals surface area contributed by atoms with E-state index in [2.05, 4.69) is 26.3 Å². The standard InChI is InChI=1S/C6H17NO3Si.2C2H4/c1-8-11(9-2,10-3)6-4-5-7;2*1-2/h4-7H2,1-3H3;2*1-2H2. The third kappa shape index (κ3) is 9.83. The molecule has 0 fully saturated rings. The lowest BCUT2D eigenvalue weighted by Crippen LogP contribution is -2.42. The van der Waals surface area contributed by atoms with E-state index < -0.39 is 8.80 Å². The lowest BCUT2D eigenvalue weighted by atomic mass is 10.5. The van der Waals surface area contributed by atoms with Crippen molar-refractivity contribution in [1.29, 1.82) is 0 Å². The second-order valence-electron chi connectivity index (χ2n) is 2.19. The van der Waals surface area contributed by atoms with Gasteiger partial charge >= 0.3 is 8.80 Å². The number of hydrogen-bond acceptors (Lipinski definition) is 4. The van der Waals surface area contributed by atoms with E-state index in [-0.39, 0.29) is 0 Å². The summed E-state index contributed by atoms with van der Waals surface area (Å²) in [6.45, 7) is 12.6. The lowest BCUT2D eigenvalue weighted by Gasteiger charge is -2.23. The van der Waals surface area contributed by atoms with E-state index in [1.54, 1.807) is 21.3 Å². The normalized spacial score (nSPS) is 9.33. The SMILES string of the molecule is C=C.C=C.CO[Si](CCCN)(OC)OC. The molecule has 0 aromatic heterocycles. The molecule has 92 valence electrons. The molecule has 0 saturated heterocycles. The van der Waals surface area contributed by atoms with Gasteiger partial charge in [0.25, 0.3) is 0 Å². The molecule has 0 radical (unpaired) electrons. The highest BCUT2D eigenvalue weighted by atomic mass is 28.4. The minimum atomic E-state index is -2.32. The quantitative estimate of drug-likeness (QED) is 0.563.